The van der Waals surface area contributed by atoms with Crippen molar-refractivity contribution >= 4 is 29.7 Å². The Balaban J connectivity index is 4.16. The standard InChI is InChI=1S/C11H20N2O5S/c1-7(14)12-6-19-5-8(9(15)16)13-10(17)18-11(2,3)4/h8H,5-6H2,1-4H3,(H,12,14)(H,13,17)(H,15,16)/p-1/t8-/m1/s1. The number of rotatable bonds is 6. The quantitative estimate of drug-likeness (QED) is 0.502. The van der Waals surface area contributed by atoms with Crippen molar-refractivity contribution in [3.63, 3.8) is 0 Å². The Labute approximate surface area is 116 Å². The normalized spacial score (nSPS) is 12.4. The highest BCUT2D eigenvalue weighted by atomic mass is 32.2. The lowest BCUT2D eigenvalue weighted by molar-refractivity contribution is -0.307. The zero-order valence-electron chi connectivity index (χ0n) is 11.4. The fourth-order valence-corrected chi connectivity index (χ4v) is 1.83. The number of hydrogen-bond donors (Lipinski definition) is 2. The SMILES string of the molecule is CC(=O)NCSC[C@@H](NC(=O)OC(C)(C)C)C(=O)[O-]. The molecule has 0 saturated carbocycles. The van der Waals surface area contributed by atoms with Gasteiger partial charge in [-0.15, -0.1) is 11.8 Å². The molecule has 0 aromatic carbocycles. The minimum Gasteiger partial charge on any atom is -0.548 e. The van der Waals surface area contributed by atoms with E-state index >= 15 is 0 Å². The van der Waals surface area contributed by atoms with E-state index in [9.17, 15) is 19.5 Å². The third-order valence-corrected chi connectivity index (χ3v) is 2.60. The average Bonchev–Trinajstić information content (AvgIpc) is 2.19. The maximum Gasteiger partial charge on any atom is 0.408 e. The van der Waals surface area contributed by atoms with Crippen LogP contribution in [-0.2, 0) is 14.3 Å². The number of carboxylic acid groups (broad SMARTS) is 1. The van der Waals surface area contributed by atoms with Gasteiger partial charge in [0.1, 0.15) is 5.60 Å². The van der Waals surface area contributed by atoms with Crippen molar-refractivity contribution in [1.82, 2.24) is 10.6 Å². The minimum absolute atomic E-state index is 0.0713. The number of nitrogens with one attached hydrogen (secondary N) is 2. The summed E-state index contributed by atoms with van der Waals surface area (Å²) >= 11 is 1.15. The number of amides is 2. The number of carbonyl (C=O) groups is 3. The number of alkyl carbamates (subject to hydrolysis) is 1. The monoisotopic (exact) mass is 291 g/mol. The molecule has 0 rings (SSSR count). The number of aliphatic carboxylic acids is 1. The summed E-state index contributed by atoms with van der Waals surface area (Å²) in [4.78, 5) is 32.9. The van der Waals surface area contributed by atoms with Crippen LogP contribution in [0.5, 0.6) is 0 Å². The van der Waals surface area contributed by atoms with Crippen LogP contribution in [0.2, 0.25) is 0 Å². The summed E-state index contributed by atoms with van der Waals surface area (Å²) in [5.74, 6) is -1.28. The molecule has 0 fully saturated rings. The summed E-state index contributed by atoms with van der Waals surface area (Å²) in [5, 5.41) is 15.5. The first-order valence-corrected chi connectivity index (χ1v) is 6.80. The molecule has 19 heavy (non-hydrogen) atoms. The van der Waals surface area contributed by atoms with Gasteiger partial charge in [0, 0.05) is 12.7 Å². The second-order valence-corrected chi connectivity index (χ2v) is 5.80. The Kier molecular flexibility index (Phi) is 7.28. The number of carbonyl (C=O) groups excluding carboxylic acids is 3. The molecule has 0 aliphatic carbocycles. The van der Waals surface area contributed by atoms with Gasteiger partial charge in [-0.1, -0.05) is 0 Å². The molecule has 1 atom stereocenters. The lowest BCUT2D eigenvalue weighted by atomic mass is 10.2. The number of thioether (sulfide) groups is 1. The van der Waals surface area contributed by atoms with Gasteiger partial charge in [0.15, 0.2) is 0 Å². The molecule has 0 saturated heterocycles. The van der Waals surface area contributed by atoms with Crippen molar-refractivity contribution in [3.8, 4) is 0 Å². The van der Waals surface area contributed by atoms with Gasteiger partial charge in [0.2, 0.25) is 5.91 Å². The first kappa shape index (κ1) is 17.6. The van der Waals surface area contributed by atoms with Gasteiger partial charge in [-0.3, -0.25) is 4.79 Å². The van der Waals surface area contributed by atoms with Crippen molar-refractivity contribution in [2.24, 2.45) is 0 Å². The Morgan fingerprint density at radius 2 is 1.89 bits per heavy atom. The molecule has 110 valence electrons. The average molecular weight is 291 g/mol. The largest absolute Gasteiger partial charge is 0.548 e. The van der Waals surface area contributed by atoms with Gasteiger partial charge in [0.25, 0.3) is 0 Å². The maximum absolute atomic E-state index is 11.4. The van der Waals surface area contributed by atoms with Gasteiger partial charge in [-0.25, -0.2) is 4.79 Å². The number of hydrogen-bond acceptors (Lipinski definition) is 6. The summed E-state index contributed by atoms with van der Waals surface area (Å²) in [6, 6.07) is -1.17. The molecule has 2 N–H and O–H groups in total. The summed E-state index contributed by atoms with van der Waals surface area (Å²) < 4.78 is 4.94. The lowest BCUT2D eigenvalue weighted by Crippen LogP contribution is -2.50. The maximum atomic E-state index is 11.4. The molecule has 2 amide bonds. The van der Waals surface area contributed by atoms with Gasteiger partial charge in [-0.2, -0.15) is 0 Å². The van der Waals surface area contributed by atoms with Crippen molar-refractivity contribution < 1.29 is 24.2 Å². The number of carboxylic acids is 1. The van der Waals surface area contributed by atoms with Gasteiger partial charge in [0.05, 0.1) is 17.9 Å². The van der Waals surface area contributed by atoms with E-state index in [1.54, 1.807) is 20.8 Å². The van der Waals surface area contributed by atoms with Crippen LogP contribution in [-0.4, -0.2) is 41.2 Å². The predicted molar refractivity (Wildman–Crippen MR) is 69.3 cm³/mol. The fourth-order valence-electron chi connectivity index (χ4n) is 0.948. The van der Waals surface area contributed by atoms with E-state index in [0.29, 0.717) is 0 Å². The zero-order valence-corrected chi connectivity index (χ0v) is 12.3. The molecule has 0 unspecified atom stereocenters. The van der Waals surface area contributed by atoms with Crippen LogP contribution < -0.4 is 15.7 Å². The molecule has 0 heterocycles. The third-order valence-electron chi connectivity index (χ3n) is 1.68. The van der Waals surface area contributed by atoms with Crippen LogP contribution in [0.3, 0.4) is 0 Å². The Hall–Kier alpha value is -1.44. The minimum atomic E-state index is -1.40. The van der Waals surface area contributed by atoms with E-state index in [2.05, 4.69) is 10.6 Å². The summed E-state index contributed by atoms with van der Waals surface area (Å²) in [7, 11) is 0. The fraction of sp³-hybridized carbons (Fsp3) is 0.727. The van der Waals surface area contributed by atoms with Gasteiger partial charge in [-0.05, 0) is 20.8 Å². The van der Waals surface area contributed by atoms with E-state index in [1.165, 1.54) is 6.92 Å². The third kappa shape index (κ3) is 10.2. The molecular formula is C11H19N2O5S-. The predicted octanol–water partition coefficient (Wildman–Crippen LogP) is -0.544. The van der Waals surface area contributed by atoms with Crippen LogP contribution in [0, 0.1) is 0 Å². The molecule has 0 spiro atoms. The van der Waals surface area contributed by atoms with E-state index in [1.807, 2.05) is 0 Å². The van der Waals surface area contributed by atoms with Crippen LogP contribution in [0.4, 0.5) is 4.79 Å². The van der Waals surface area contributed by atoms with Crippen molar-refractivity contribution in [3.05, 3.63) is 0 Å². The molecule has 0 aromatic heterocycles. The van der Waals surface area contributed by atoms with Crippen LogP contribution in [0.1, 0.15) is 27.7 Å². The highest BCUT2D eigenvalue weighted by Gasteiger charge is 2.20. The summed E-state index contributed by atoms with van der Waals surface area (Å²) in [6.45, 7) is 6.38. The smallest absolute Gasteiger partial charge is 0.408 e. The topological polar surface area (TPSA) is 108 Å². The molecule has 8 heteroatoms. The van der Waals surface area contributed by atoms with Crippen LogP contribution >= 0.6 is 11.8 Å². The second-order valence-electron chi connectivity index (χ2n) is 4.77. The molecule has 0 aromatic rings. The van der Waals surface area contributed by atoms with Crippen LogP contribution in [0.15, 0.2) is 0 Å². The molecular weight excluding hydrogens is 272 g/mol. The Morgan fingerprint density at radius 3 is 2.32 bits per heavy atom. The Morgan fingerprint density at radius 1 is 1.32 bits per heavy atom. The van der Waals surface area contributed by atoms with E-state index < -0.39 is 23.7 Å². The molecule has 7 nitrogen and oxygen atoms in total. The number of ether oxygens (including phenoxy) is 1. The van der Waals surface area contributed by atoms with Crippen molar-refractivity contribution in [2.45, 2.75) is 39.3 Å². The van der Waals surface area contributed by atoms with E-state index in [4.69, 9.17) is 4.74 Å². The Bertz CT molecular complexity index is 340. The highest BCUT2D eigenvalue weighted by Crippen LogP contribution is 2.07. The van der Waals surface area contributed by atoms with Gasteiger partial charge >= 0.3 is 6.09 Å². The van der Waals surface area contributed by atoms with Crippen LogP contribution in [0.25, 0.3) is 0 Å². The molecule has 0 radical (unpaired) electrons. The lowest BCUT2D eigenvalue weighted by Gasteiger charge is -2.24. The first-order valence-electron chi connectivity index (χ1n) is 5.64. The van der Waals surface area contributed by atoms with Crippen molar-refractivity contribution in [1.29, 1.82) is 0 Å². The van der Waals surface area contributed by atoms with Crippen molar-refractivity contribution in [2.75, 3.05) is 11.6 Å². The van der Waals surface area contributed by atoms with Gasteiger partial charge < -0.3 is 25.3 Å². The van der Waals surface area contributed by atoms with E-state index in [0.717, 1.165) is 11.8 Å². The van der Waals surface area contributed by atoms with E-state index in [-0.39, 0.29) is 17.5 Å². The first-order chi connectivity index (χ1) is 8.61. The summed E-state index contributed by atoms with van der Waals surface area (Å²) in [5.41, 5.74) is -0.704. The zero-order chi connectivity index (χ0) is 15.1. The molecule has 0 aliphatic rings. The highest BCUT2D eigenvalue weighted by molar-refractivity contribution is 7.99. The molecule has 0 bridgehead atoms. The summed E-state index contributed by atoms with van der Waals surface area (Å²) in [6.07, 6.45) is -0.818. The molecule has 0 aliphatic heterocycles. The second kappa shape index (κ2) is 7.88.